The molecule has 1 fully saturated rings. The van der Waals surface area contributed by atoms with Crippen LogP contribution in [0, 0.1) is 5.92 Å². The van der Waals surface area contributed by atoms with Gasteiger partial charge in [0.1, 0.15) is 9.84 Å². The second-order valence-electron chi connectivity index (χ2n) is 5.98. The Balaban J connectivity index is 1.53. The molecular weight excluding hydrogens is 288 g/mol. The van der Waals surface area contributed by atoms with Crippen molar-refractivity contribution in [3.63, 3.8) is 0 Å². The van der Waals surface area contributed by atoms with Crippen LogP contribution >= 0.6 is 0 Å². The second-order valence-corrected chi connectivity index (χ2v) is 8.24. The van der Waals surface area contributed by atoms with Crippen LogP contribution in [0.15, 0.2) is 24.3 Å². The first-order chi connectivity index (χ1) is 9.96. The molecule has 0 aliphatic heterocycles. The first-order valence-electron chi connectivity index (χ1n) is 7.25. The Morgan fingerprint density at radius 3 is 2.86 bits per heavy atom. The molecule has 0 spiro atoms. The van der Waals surface area contributed by atoms with Crippen LogP contribution < -0.4 is 10.6 Å². The molecular formula is C15H20N2O3S. The smallest absolute Gasteiger partial charge is 0.315 e. The third kappa shape index (κ3) is 3.20. The number of urea groups is 1. The molecule has 2 aliphatic carbocycles. The molecule has 3 rings (SSSR count). The van der Waals surface area contributed by atoms with E-state index in [0.717, 1.165) is 12.8 Å². The number of sulfone groups is 1. The maximum atomic E-state index is 11.8. The summed E-state index contributed by atoms with van der Waals surface area (Å²) >= 11 is 0. The highest BCUT2D eigenvalue weighted by Crippen LogP contribution is 2.54. The Morgan fingerprint density at radius 1 is 1.33 bits per heavy atom. The van der Waals surface area contributed by atoms with Crippen molar-refractivity contribution in [3.05, 3.63) is 35.4 Å². The predicted molar refractivity (Wildman–Crippen MR) is 81.0 cm³/mol. The highest BCUT2D eigenvalue weighted by molar-refractivity contribution is 7.90. The van der Waals surface area contributed by atoms with Crippen molar-refractivity contribution in [2.24, 2.45) is 5.92 Å². The van der Waals surface area contributed by atoms with E-state index in [1.165, 1.54) is 17.4 Å². The maximum absolute atomic E-state index is 11.8. The molecule has 6 heteroatoms. The number of benzene rings is 1. The SMILES string of the molecule is CS(=O)(=O)CCNC(=O)N[C@@H]1[C@@H]2CCc3ccccc3[C@H]21. The normalized spacial score (nSPS) is 26.4. The molecule has 3 atom stereocenters. The summed E-state index contributed by atoms with van der Waals surface area (Å²) in [5.74, 6) is 0.928. The van der Waals surface area contributed by atoms with Crippen molar-refractivity contribution >= 4 is 15.9 Å². The molecule has 0 heterocycles. The zero-order chi connectivity index (χ0) is 15.0. The van der Waals surface area contributed by atoms with Gasteiger partial charge in [0.15, 0.2) is 0 Å². The molecule has 0 aromatic heterocycles. The van der Waals surface area contributed by atoms with Crippen molar-refractivity contribution in [3.8, 4) is 0 Å². The van der Waals surface area contributed by atoms with Crippen molar-refractivity contribution < 1.29 is 13.2 Å². The first-order valence-corrected chi connectivity index (χ1v) is 9.31. The molecule has 0 bridgehead atoms. The van der Waals surface area contributed by atoms with Crippen LogP contribution in [0.3, 0.4) is 0 Å². The number of rotatable bonds is 4. The number of amides is 2. The molecule has 2 amide bonds. The van der Waals surface area contributed by atoms with Crippen LogP contribution in [-0.2, 0) is 16.3 Å². The van der Waals surface area contributed by atoms with Gasteiger partial charge in [-0.3, -0.25) is 0 Å². The van der Waals surface area contributed by atoms with E-state index in [1.807, 2.05) is 6.07 Å². The lowest BCUT2D eigenvalue weighted by atomic mass is 9.92. The minimum absolute atomic E-state index is 0.0270. The van der Waals surface area contributed by atoms with E-state index in [4.69, 9.17) is 0 Å². The summed E-state index contributed by atoms with van der Waals surface area (Å²) in [4.78, 5) is 11.8. The van der Waals surface area contributed by atoms with Gasteiger partial charge in [-0.1, -0.05) is 24.3 Å². The largest absolute Gasteiger partial charge is 0.337 e. The van der Waals surface area contributed by atoms with Crippen LogP contribution in [-0.4, -0.2) is 39.0 Å². The van der Waals surface area contributed by atoms with Crippen LogP contribution in [0.1, 0.15) is 23.5 Å². The number of carbonyl (C=O) groups is 1. The van der Waals surface area contributed by atoms with E-state index >= 15 is 0 Å². The van der Waals surface area contributed by atoms with Gasteiger partial charge >= 0.3 is 6.03 Å². The quantitative estimate of drug-likeness (QED) is 0.873. The average molecular weight is 308 g/mol. The lowest BCUT2D eigenvalue weighted by Gasteiger charge is -2.13. The molecule has 5 nitrogen and oxygen atoms in total. The summed E-state index contributed by atoms with van der Waals surface area (Å²) in [5.41, 5.74) is 2.75. The highest BCUT2D eigenvalue weighted by atomic mass is 32.2. The molecule has 1 aromatic carbocycles. The van der Waals surface area contributed by atoms with Crippen LogP contribution in [0.25, 0.3) is 0 Å². The summed E-state index contributed by atoms with van der Waals surface area (Å²) in [5, 5.41) is 5.59. The number of carbonyl (C=O) groups excluding carboxylic acids is 1. The Bertz CT molecular complexity index is 657. The van der Waals surface area contributed by atoms with Gasteiger partial charge in [-0.2, -0.15) is 0 Å². The van der Waals surface area contributed by atoms with E-state index in [0.29, 0.717) is 11.8 Å². The van der Waals surface area contributed by atoms with E-state index in [1.54, 1.807) is 0 Å². The standard InChI is InChI=1S/C15H20N2O3S/c1-21(19,20)9-8-16-15(18)17-14-12-7-6-10-4-2-3-5-11(10)13(12)14/h2-5,12-14H,6-9H2,1H3,(H2,16,17,18)/t12-,13-,14-/m1/s1. The van der Waals surface area contributed by atoms with Gasteiger partial charge in [-0.05, 0) is 29.9 Å². The van der Waals surface area contributed by atoms with Gasteiger partial charge in [0.05, 0.1) is 5.75 Å². The number of hydrogen-bond donors (Lipinski definition) is 2. The topological polar surface area (TPSA) is 75.3 Å². The zero-order valence-electron chi connectivity index (χ0n) is 12.0. The Kier molecular flexibility index (Phi) is 3.65. The summed E-state index contributed by atoms with van der Waals surface area (Å²) < 4.78 is 22.0. The number of aryl methyl sites for hydroxylation is 1. The molecule has 0 unspecified atom stereocenters. The molecule has 2 aliphatic rings. The van der Waals surface area contributed by atoms with Gasteiger partial charge in [-0.25, -0.2) is 13.2 Å². The molecule has 21 heavy (non-hydrogen) atoms. The van der Waals surface area contributed by atoms with Crippen molar-refractivity contribution in [2.75, 3.05) is 18.6 Å². The summed E-state index contributed by atoms with van der Waals surface area (Å²) in [6.07, 6.45) is 3.35. The minimum Gasteiger partial charge on any atom is -0.337 e. The first kappa shape index (κ1) is 14.4. The third-order valence-corrected chi connectivity index (χ3v) is 5.33. The summed E-state index contributed by atoms with van der Waals surface area (Å²) in [6.45, 7) is 0.156. The Hall–Kier alpha value is -1.56. The highest BCUT2D eigenvalue weighted by Gasteiger charge is 2.53. The molecule has 2 N–H and O–H groups in total. The molecule has 0 saturated heterocycles. The van der Waals surface area contributed by atoms with Crippen molar-refractivity contribution in [1.82, 2.24) is 10.6 Å². The monoisotopic (exact) mass is 308 g/mol. The van der Waals surface area contributed by atoms with E-state index < -0.39 is 9.84 Å². The summed E-state index contributed by atoms with van der Waals surface area (Å²) in [6, 6.07) is 8.33. The molecule has 1 aromatic rings. The van der Waals surface area contributed by atoms with Gasteiger partial charge in [0.2, 0.25) is 0 Å². The average Bonchev–Trinajstić information content (AvgIpc) is 3.11. The van der Waals surface area contributed by atoms with Crippen molar-refractivity contribution in [2.45, 2.75) is 24.8 Å². The fraction of sp³-hybridized carbons (Fsp3) is 0.533. The van der Waals surface area contributed by atoms with Gasteiger partial charge in [-0.15, -0.1) is 0 Å². The lowest BCUT2D eigenvalue weighted by molar-refractivity contribution is 0.240. The number of nitrogens with one attached hydrogen (secondary N) is 2. The van der Waals surface area contributed by atoms with Gasteiger partial charge in [0, 0.05) is 24.8 Å². The Morgan fingerprint density at radius 2 is 2.10 bits per heavy atom. The van der Waals surface area contributed by atoms with E-state index in [2.05, 4.69) is 28.8 Å². The van der Waals surface area contributed by atoms with Gasteiger partial charge < -0.3 is 10.6 Å². The Labute approximate surface area is 125 Å². The fourth-order valence-electron chi connectivity index (χ4n) is 3.32. The fourth-order valence-corrected chi connectivity index (χ4v) is 3.79. The van der Waals surface area contributed by atoms with E-state index in [-0.39, 0.29) is 24.4 Å². The van der Waals surface area contributed by atoms with Crippen LogP contribution in [0.5, 0.6) is 0 Å². The number of hydrogen-bond acceptors (Lipinski definition) is 3. The zero-order valence-corrected chi connectivity index (χ0v) is 12.8. The van der Waals surface area contributed by atoms with Gasteiger partial charge in [0.25, 0.3) is 0 Å². The van der Waals surface area contributed by atoms with E-state index in [9.17, 15) is 13.2 Å². The second kappa shape index (κ2) is 5.33. The summed E-state index contributed by atoms with van der Waals surface area (Å²) in [7, 11) is -3.04. The minimum atomic E-state index is -3.04. The van der Waals surface area contributed by atoms with Crippen LogP contribution in [0.4, 0.5) is 4.79 Å². The number of fused-ring (bicyclic) bond motifs is 3. The van der Waals surface area contributed by atoms with Crippen molar-refractivity contribution in [1.29, 1.82) is 0 Å². The molecule has 1 saturated carbocycles. The molecule has 114 valence electrons. The third-order valence-electron chi connectivity index (χ3n) is 4.39. The predicted octanol–water partition coefficient (Wildman–Crippen LogP) is 1.06. The maximum Gasteiger partial charge on any atom is 0.315 e. The lowest BCUT2D eigenvalue weighted by Crippen LogP contribution is -2.39. The van der Waals surface area contributed by atoms with Crippen LogP contribution in [0.2, 0.25) is 0 Å². The molecule has 0 radical (unpaired) electrons.